The Kier molecular flexibility index (Phi) is 4.15. The molecule has 3 heteroatoms. The maximum Gasteiger partial charge on any atom is 0.185 e. The SMILES string of the molecule is C[Si](C)(C)O[C@H](C#N)C1CCCCC1. The maximum atomic E-state index is 9.09. The molecule has 0 radical (unpaired) electrons. The van der Waals surface area contributed by atoms with Crippen LogP contribution >= 0.6 is 0 Å². The van der Waals surface area contributed by atoms with Crippen molar-refractivity contribution in [3.8, 4) is 6.07 Å². The van der Waals surface area contributed by atoms with Crippen LogP contribution in [0.1, 0.15) is 32.1 Å². The third-order valence-electron chi connectivity index (χ3n) is 2.69. The van der Waals surface area contributed by atoms with Crippen molar-refractivity contribution < 1.29 is 4.43 Å². The number of nitriles is 1. The van der Waals surface area contributed by atoms with Crippen molar-refractivity contribution in [1.82, 2.24) is 0 Å². The van der Waals surface area contributed by atoms with E-state index in [9.17, 15) is 0 Å². The van der Waals surface area contributed by atoms with Gasteiger partial charge in [0.1, 0.15) is 6.10 Å². The van der Waals surface area contributed by atoms with Crippen molar-refractivity contribution in [1.29, 1.82) is 5.26 Å². The van der Waals surface area contributed by atoms with Gasteiger partial charge in [-0.2, -0.15) is 5.26 Å². The number of hydrogen-bond acceptors (Lipinski definition) is 2. The van der Waals surface area contributed by atoms with Gasteiger partial charge in [0, 0.05) is 0 Å². The van der Waals surface area contributed by atoms with Gasteiger partial charge < -0.3 is 4.43 Å². The highest BCUT2D eigenvalue weighted by Gasteiger charge is 2.28. The van der Waals surface area contributed by atoms with E-state index in [2.05, 4.69) is 25.7 Å². The van der Waals surface area contributed by atoms with E-state index in [1.807, 2.05) is 0 Å². The molecule has 1 atom stereocenters. The molecule has 0 unspecified atom stereocenters. The molecule has 0 heterocycles. The first-order valence-corrected chi connectivity index (χ1v) is 9.01. The van der Waals surface area contributed by atoms with Crippen molar-refractivity contribution in [2.75, 3.05) is 0 Å². The minimum atomic E-state index is -1.55. The Morgan fingerprint density at radius 1 is 1.21 bits per heavy atom. The molecule has 1 aliphatic carbocycles. The normalized spacial score (nSPS) is 21.6. The van der Waals surface area contributed by atoms with Crippen LogP contribution in [0.25, 0.3) is 0 Å². The summed E-state index contributed by atoms with van der Waals surface area (Å²) in [5.41, 5.74) is 0. The highest BCUT2D eigenvalue weighted by atomic mass is 28.4. The topological polar surface area (TPSA) is 33.0 Å². The van der Waals surface area contributed by atoms with Crippen LogP contribution in [-0.2, 0) is 4.43 Å². The fourth-order valence-electron chi connectivity index (χ4n) is 2.05. The van der Waals surface area contributed by atoms with Gasteiger partial charge in [-0.05, 0) is 38.4 Å². The first-order valence-electron chi connectivity index (χ1n) is 5.60. The van der Waals surface area contributed by atoms with E-state index in [0.29, 0.717) is 5.92 Å². The number of hydrogen-bond donors (Lipinski definition) is 0. The largest absolute Gasteiger partial charge is 0.402 e. The molecule has 0 saturated heterocycles. The second-order valence-corrected chi connectivity index (χ2v) is 9.64. The summed E-state index contributed by atoms with van der Waals surface area (Å²) in [6.07, 6.45) is 6.12. The zero-order chi connectivity index (χ0) is 10.6. The van der Waals surface area contributed by atoms with Gasteiger partial charge >= 0.3 is 0 Å². The lowest BCUT2D eigenvalue weighted by atomic mass is 9.86. The molecule has 0 bridgehead atoms. The lowest BCUT2D eigenvalue weighted by Crippen LogP contribution is -2.36. The number of rotatable bonds is 3. The molecule has 0 N–H and O–H groups in total. The minimum Gasteiger partial charge on any atom is -0.402 e. The van der Waals surface area contributed by atoms with Gasteiger partial charge in [-0.25, -0.2) is 0 Å². The van der Waals surface area contributed by atoms with Gasteiger partial charge in [-0.1, -0.05) is 19.3 Å². The van der Waals surface area contributed by atoms with Crippen LogP contribution in [0.5, 0.6) is 0 Å². The Balaban J connectivity index is 2.49. The second kappa shape index (κ2) is 4.95. The van der Waals surface area contributed by atoms with E-state index in [4.69, 9.17) is 9.69 Å². The lowest BCUT2D eigenvalue weighted by Gasteiger charge is -2.30. The van der Waals surface area contributed by atoms with Crippen LogP contribution in [0.3, 0.4) is 0 Å². The fraction of sp³-hybridized carbons (Fsp3) is 0.909. The molecule has 1 rings (SSSR count). The molecule has 80 valence electrons. The summed E-state index contributed by atoms with van der Waals surface area (Å²) in [6.45, 7) is 6.46. The summed E-state index contributed by atoms with van der Waals surface area (Å²) in [6, 6.07) is 2.34. The monoisotopic (exact) mass is 211 g/mol. The molecule has 1 fully saturated rings. The van der Waals surface area contributed by atoms with Gasteiger partial charge in [-0.3, -0.25) is 0 Å². The molecule has 0 amide bonds. The molecular weight excluding hydrogens is 190 g/mol. The van der Waals surface area contributed by atoms with E-state index in [-0.39, 0.29) is 6.10 Å². The highest BCUT2D eigenvalue weighted by Crippen LogP contribution is 2.29. The molecule has 0 spiro atoms. The van der Waals surface area contributed by atoms with Gasteiger partial charge in [0.2, 0.25) is 0 Å². The zero-order valence-electron chi connectivity index (χ0n) is 9.55. The van der Waals surface area contributed by atoms with Gasteiger partial charge in [0.25, 0.3) is 0 Å². The average Bonchev–Trinajstić information content (AvgIpc) is 2.14. The summed E-state index contributed by atoms with van der Waals surface area (Å²) in [5, 5.41) is 9.09. The van der Waals surface area contributed by atoms with E-state index in [1.54, 1.807) is 0 Å². The standard InChI is InChI=1S/C11H21NOSi/c1-14(2,3)13-11(9-12)10-7-5-4-6-8-10/h10-11H,4-8H2,1-3H3/t11-/m1/s1. The van der Waals surface area contributed by atoms with E-state index in [0.717, 1.165) is 0 Å². The molecule has 0 aromatic carbocycles. The maximum absolute atomic E-state index is 9.09. The van der Waals surface area contributed by atoms with Gasteiger partial charge in [0.05, 0.1) is 6.07 Å². The minimum absolute atomic E-state index is 0.137. The molecular formula is C11H21NOSi. The third-order valence-corrected chi connectivity index (χ3v) is 3.65. The third kappa shape index (κ3) is 3.81. The van der Waals surface area contributed by atoms with Crippen molar-refractivity contribution in [3.63, 3.8) is 0 Å². The summed E-state index contributed by atoms with van der Waals surface area (Å²) < 4.78 is 5.90. The second-order valence-electron chi connectivity index (χ2n) is 5.18. The molecule has 2 nitrogen and oxygen atoms in total. The Labute approximate surface area is 88.4 Å². The number of nitrogens with zero attached hydrogens (tertiary/aromatic N) is 1. The Hall–Kier alpha value is -0.333. The quantitative estimate of drug-likeness (QED) is 0.671. The van der Waals surface area contributed by atoms with Crippen LogP contribution < -0.4 is 0 Å². The van der Waals surface area contributed by atoms with Crippen molar-refractivity contribution in [2.45, 2.75) is 57.8 Å². The van der Waals surface area contributed by atoms with Crippen molar-refractivity contribution >= 4 is 8.32 Å². The Bertz CT molecular complexity index is 210. The smallest absolute Gasteiger partial charge is 0.185 e. The van der Waals surface area contributed by atoms with Crippen LogP contribution in [0.15, 0.2) is 0 Å². The van der Waals surface area contributed by atoms with Crippen molar-refractivity contribution in [2.24, 2.45) is 5.92 Å². The van der Waals surface area contributed by atoms with Crippen LogP contribution in [-0.4, -0.2) is 14.4 Å². The van der Waals surface area contributed by atoms with Crippen LogP contribution in [0.2, 0.25) is 19.6 Å². The summed E-state index contributed by atoms with van der Waals surface area (Å²) >= 11 is 0. The molecule has 0 aromatic rings. The van der Waals surface area contributed by atoms with E-state index in [1.165, 1.54) is 32.1 Å². The predicted octanol–water partition coefficient (Wildman–Crippen LogP) is 3.31. The van der Waals surface area contributed by atoms with Gasteiger partial charge in [0.15, 0.2) is 8.32 Å². The summed E-state index contributed by atoms with van der Waals surface area (Å²) in [4.78, 5) is 0. The van der Waals surface area contributed by atoms with Crippen molar-refractivity contribution in [3.05, 3.63) is 0 Å². The average molecular weight is 211 g/mol. The summed E-state index contributed by atoms with van der Waals surface area (Å²) in [5.74, 6) is 0.500. The Morgan fingerprint density at radius 3 is 2.21 bits per heavy atom. The molecule has 0 aromatic heterocycles. The molecule has 1 aliphatic rings. The molecule has 1 saturated carbocycles. The predicted molar refractivity (Wildman–Crippen MR) is 60.4 cm³/mol. The van der Waals surface area contributed by atoms with E-state index < -0.39 is 8.32 Å². The lowest BCUT2D eigenvalue weighted by molar-refractivity contribution is 0.146. The highest BCUT2D eigenvalue weighted by molar-refractivity contribution is 6.69. The molecule has 0 aliphatic heterocycles. The van der Waals surface area contributed by atoms with Gasteiger partial charge in [-0.15, -0.1) is 0 Å². The fourth-order valence-corrected chi connectivity index (χ4v) is 3.05. The van der Waals surface area contributed by atoms with Crippen LogP contribution in [0.4, 0.5) is 0 Å². The zero-order valence-corrected chi connectivity index (χ0v) is 10.5. The van der Waals surface area contributed by atoms with Crippen LogP contribution in [0, 0.1) is 17.2 Å². The summed E-state index contributed by atoms with van der Waals surface area (Å²) in [7, 11) is -1.55. The molecule has 14 heavy (non-hydrogen) atoms. The van der Waals surface area contributed by atoms with E-state index >= 15 is 0 Å². The first kappa shape index (κ1) is 11.7. The first-order chi connectivity index (χ1) is 6.53. The Morgan fingerprint density at radius 2 is 1.79 bits per heavy atom.